The molecule has 2 rings (SSSR count). The molecular weight excluding hydrogens is 174 g/mol. The third-order valence-corrected chi connectivity index (χ3v) is 2.51. The molecular formula is C10H10F2O. The molecule has 0 unspecified atom stereocenters. The lowest BCUT2D eigenvalue weighted by molar-refractivity contribution is 0.0733. The van der Waals surface area contributed by atoms with Crippen LogP contribution in [0.3, 0.4) is 0 Å². The molecule has 0 amide bonds. The summed E-state index contributed by atoms with van der Waals surface area (Å²) in [5, 5.41) is 9.02. The summed E-state index contributed by atoms with van der Waals surface area (Å²) in [5.74, 6) is -0.804. The van der Waals surface area contributed by atoms with Gasteiger partial charge in [-0.05, 0) is 42.5 Å². The molecule has 1 saturated carbocycles. The zero-order valence-electron chi connectivity index (χ0n) is 7.00. The summed E-state index contributed by atoms with van der Waals surface area (Å²) in [6, 6.07) is 3.45. The van der Waals surface area contributed by atoms with Crippen molar-refractivity contribution in [3.8, 4) is 0 Å². The van der Waals surface area contributed by atoms with E-state index in [0.29, 0.717) is 18.4 Å². The SMILES string of the molecule is OC1CC(c2cc(F)ccc2F)C1. The normalized spacial score (nSPS) is 27.0. The second-order valence-corrected chi connectivity index (χ2v) is 3.49. The van der Waals surface area contributed by atoms with Crippen LogP contribution < -0.4 is 0 Å². The van der Waals surface area contributed by atoms with Gasteiger partial charge in [0.25, 0.3) is 0 Å². The van der Waals surface area contributed by atoms with Crippen LogP contribution in [-0.4, -0.2) is 11.2 Å². The van der Waals surface area contributed by atoms with Gasteiger partial charge in [0.2, 0.25) is 0 Å². The lowest BCUT2D eigenvalue weighted by atomic mass is 9.77. The van der Waals surface area contributed by atoms with Gasteiger partial charge in [-0.3, -0.25) is 0 Å². The lowest BCUT2D eigenvalue weighted by Gasteiger charge is -2.31. The van der Waals surface area contributed by atoms with Crippen molar-refractivity contribution in [2.45, 2.75) is 24.9 Å². The van der Waals surface area contributed by atoms with Gasteiger partial charge in [-0.2, -0.15) is 0 Å². The first-order valence-electron chi connectivity index (χ1n) is 4.30. The number of rotatable bonds is 1. The van der Waals surface area contributed by atoms with E-state index in [1.165, 1.54) is 6.07 Å². The van der Waals surface area contributed by atoms with Gasteiger partial charge in [-0.1, -0.05) is 0 Å². The predicted molar refractivity (Wildman–Crippen MR) is 44.3 cm³/mol. The minimum absolute atomic E-state index is 0.00861. The Kier molecular flexibility index (Phi) is 2.04. The average Bonchev–Trinajstić information content (AvgIpc) is 2.04. The van der Waals surface area contributed by atoms with E-state index in [1.54, 1.807) is 0 Å². The van der Waals surface area contributed by atoms with Crippen LogP contribution in [0.25, 0.3) is 0 Å². The van der Waals surface area contributed by atoms with Crippen LogP contribution in [0.1, 0.15) is 24.3 Å². The van der Waals surface area contributed by atoms with Crippen LogP contribution >= 0.6 is 0 Å². The first kappa shape index (κ1) is 8.63. The van der Waals surface area contributed by atoms with Crippen molar-refractivity contribution in [1.29, 1.82) is 0 Å². The van der Waals surface area contributed by atoms with Crippen molar-refractivity contribution in [2.24, 2.45) is 0 Å². The predicted octanol–water partition coefficient (Wildman–Crippen LogP) is 2.20. The second-order valence-electron chi connectivity index (χ2n) is 3.49. The molecule has 0 bridgehead atoms. The van der Waals surface area contributed by atoms with E-state index in [2.05, 4.69) is 0 Å². The molecule has 0 aromatic heterocycles. The van der Waals surface area contributed by atoms with E-state index in [4.69, 9.17) is 5.11 Å². The van der Waals surface area contributed by atoms with E-state index >= 15 is 0 Å². The monoisotopic (exact) mass is 184 g/mol. The highest BCUT2D eigenvalue weighted by Gasteiger charge is 2.30. The maximum Gasteiger partial charge on any atom is 0.126 e. The van der Waals surface area contributed by atoms with Gasteiger partial charge >= 0.3 is 0 Å². The third kappa shape index (κ3) is 1.56. The summed E-state index contributed by atoms with van der Waals surface area (Å²) in [4.78, 5) is 0. The van der Waals surface area contributed by atoms with E-state index in [9.17, 15) is 8.78 Å². The molecule has 1 fully saturated rings. The van der Waals surface area contributed by atoms with Gasteiger partial charge in [0, 0.05) is 0 Å². The average molecular weight is 184 g/mol. The zero-order valence-corrected chi connectivity index (χ0v) is 7.00. The maximum absolute atomic E-state index is 13.1. The van der Waals surface area contributed by atoms with Crippen LogP contribution in [0.4, 0.5) is 8.78 Å². The smallest absolute Gasteiger partial charge is 0.126 e. The first-order valence-corrected chi connectivity index (χ1v) is 4.30. The molecule has 1 aliphatic carbocycles. The van der Waals surface area contributed by atoms with Crippen LogP contribution in [-0.2, 0) is 0 Å². The van der Waals surface area contributed by atoms with E-state index in [0.717, 1.165) is 12.1 Å². The number of halogens is 2. The summed E-state index contributed by atoms with van der Waals surface area (Å²) in [6.07, 6.45) is 0.744. The zero-order chi connectivity index (χ0) is 9.42. The van der Waals surface area contributed by atoms with E-state index in [-0.39, 0.29) is 17.8 Å². The molecule has 3 heteroatoms. The number of aliphatic hydroxyl groups excluding tert-OH is 1. The molecule has 0 aliphatic heterocycles. The Bertz CT molecular complexity index is 319. The fourth-order valence-electron chi connectivity index (χ4n) is 1.67. The van der Waals surface area contributed by atoms with Gasteiger partial charge < -0.3 is 5.11 Å². The largest absolute Gasteiger partial charge is 0.393 e. The van der Waals surface area contributed by atoms with Gasteiger partial charge in [0.15, 0.2) is 0 Å². The Labute approximate surface area is 75.0 Å². The molecule has 1 nitrogen and oxygen atoms in total. The molecule has 1 N–H and O–H groups in total. The Hall–Kier alpha value is -0.960. The van der Waals surface area contributed by atoms with Crippen molar-refractivity contribution >= 4 is 0 Å². The fraction of sp³-hybridized carbons (Fsp3) is 0.400. The summed E-state index contributed by atoms with van der Waals surface area (Å²) in [5.41, 5.74) is 0.394. The van der Waals surface area contributed by atoms with Crippen molar-refractivity contribution in [3.05, 3.63) is 35.4 Å². The van der Waals surface area contributed by atoms with Crippen LogP contribution in [0.2, 0.25) is 0 Å². The van der Waals surface area contributed by atoms with E-state index < -0.39 is 5.82 Å². The molecule has 0 spiro atoms. The van der Waals surface area contributed by atoms with Crippen molar-refractivity contribution in [1.82, 2.24) is 0 Å². The minimum Gasteiger partial charge on any atom is -0.393 e. The topological polar surface area (TPSA) is 20.2 Å². The van der Waals surface area contributed by atoms with Crippen molar-refractivity contribution in [2.75, 3.05) is 0 Å². The highest BCUT2D eigenvalue weighted by atomic mass is 19.1. The molecule has 0 radical (unpaired) electrons. The van der Waals surface area contributed by atoms with Crippen LogP contribution in [0, 0.1) is 11.6 Å². The Morgan fingerprint density at radius 3 is 2.54 bits per heavy atom. The number of benzene rings is 1. The number of aliphatic hydroxyl groups is 1. The molecule has 0 heterocycles. The summed E-state index contributed by atoms with van der Waals surface area (Å²) in [6.45, 7) is 0. The molecule has 1 aromatic carbocycles. The molecule has 1 aromatic rings. The van der Waals surface area contributed by atoms with Crippen molar-refractivity contribution in [3.63, 3.8) is 0 Å². The second kappa shape index (κ2) is 3.07. The lowest BCUT2D eigenvalue weighted by Crippen LogP contribution is -2.27. The first-order chi connectivity index (χ1) is 6.16. The van der Waals surface area contributed by atoms with Crippen LogP contribution in [0.15, 0.2) is 18.2 Å². The highest BCUT2D eigenvalue weighted by Crippen LogP contribution is 2.37. The highest BCUT2D eigenvalue weighted by molar-refractivity contribution is 5.25. The molecule has 0 atom stereocenters. The Morgan fingerprint density at radius 2 is 1.92 bits per heavy atom. The number of hydrogen-bond donors (Lipinski definition) is 1. The summed E-state index contributed by atoms with van der Waals surface area (Å²) >= 11 is 0. The number of hydrogen-bond acceptors (Lipinski definition) is 1. The summed E-state index contributed by atoms with van der Waals surface area (Å²) in [7, 11) is 0. The van der Waals surface area contributed by atoms with Crippen molar-refractivity contribution < 1.29 is 13.9 Å². The Morgan fingerprint density at radius 1 is 1.23 bits per heavy atom. The molecule has 0 saturated heterocycles. The molecule has 70 valence electrons. The third-order valence-electron chi connectivity index (χ3n) is 2.51. The van der Waals surface area contributed by atoms with Gasteiger partial charge in [0.05, 0.1) is 6.10 Å². The standard InChI is InChI=1S/C10H10F2O/c11-7-1-2-10(12)9(5-7)6-3-8(13)4-6/h1-2,5-6,8,13H,3-4H2. The Balaban J connectivity index is 2.24. The van der Waals surface area contributed by atoms with Gasteiger partial charge in [-0.25, -0.2) is 8.78 Å². The molecule has 1 aliphatic rings. The molecule has 13 heavy (non-hydrogen) atoms. The van der Waals surface area contributed by atoms with Gasteiger partial charge in [-0.15, -0.1) is 0 Å². The van der Waals surface area contributed by atoms with E-state index in [1.807, 2.05) is 0 Å². The quantitative estimate of drug-likeness (QED) is 0.709. The van der Waals surface area contributed by atoms with Crippen LogP contribution in [0.5, 0.6) is 0 Å². The van der Waals surface area contributed by atoms with Gasteiger partial charge in [0.1, 0.15) is 11.6 Å². The minimum atomic E-state index is -0.419. The maximum atomic E-state index is 13.1. The fourth-order valence-corrected chi connectivity index (χ4v) is 1.67. The summed E-state index contributed by atoms with van der Waals surface area (Å²) < 4.78 is 25.9.